The van der Waals surface area contributed by atoms with E-state index in [-0.39, 0.29) is 37.5 Å². The molecule has 1 aliphatic heterocycles. The molecular formula is C33H47ClF2N4O4. The summed E-state index contributed by atoms with van der Waals surface area (Å²) in [5.41, 5.74) is 2.51. The number of carbonyl (C=O) groups is 3. The van der Waals surface area contributed by atoms with Crippen molar-refractivity contribution in [2.45, 2.75) is 90.4 Å². The second kappa shape index (κ2) is 18.7. The first-order valence-corrected chi connectivity index (χ1v) is 15.5. The summed E-state index contributed by atoms with van der Waals surface area (Å²) in [7, 11) is 0. The summed E-state index contributed by atoms with van der Waals surface area (Å²) in [6, 6.07) is 9.36. The molecule has 3 N–H and O–H groups in total. The molecule has 3 atom stereocenters. The monoisotopic (exact) mass is 636 g/mol. The maximum atomic E-state index is 14.0. The molecule has 3 unspecified atom stereocenters. The zero-order valence-electron chi connectivity index (χ0n) is 26.0. The maximum Gasteiger partial charge on any atom is 0.312 e. The smallest absolute Gasteiger partial charge is 0.312 e. The van der Waals surface area contributed by atoms with Gasteiger partial charge in [0.2, 0.25) is 5.91 Å². The number of rotatable bonds is 17. The van der Waals surface area contributed by atoms with Crippen LogP contribution in [0.1, 0.15) is 69.6 Å². The first-order chi connectivity index (χ1) is 20.7. The molecule has 0 aliphatic carbocycles. The molecule has 1 heterocycles. The molecule has 44 heavy (non-hydrogen) atoms. The zero-order valence-corrected chi connectivity index (χ0v) is 26.8. The lowest BCUT2D eigenvalue weighted by Gasteiger charge is -2.38. The second-order valence-electron chi connectivity index (χ2n) is 11.3. The Hall–Kier alpha value is -3.08. The van der Waals surface area contributed by atoms with Gasteiger partial charge in [0.1, 0.15) is 17.7 Å². The SMILES string of the molecule is CCCCC(C(=O)NC(Cc1cc(F)cc(F)c1)C(O)CNCc1cccc(CC)c1)N1CCN(CCCC)C(=O)C1=O.Cl. The molecule has 2 aromatic carbocycles. The Balaban J connectivity index is 0.00000675. The Morgan fingerprint density at radius 1 is 0.932 bits per heavy atom. The van der Waals surface area contributed by atoms with E-state index in [4.69, 9.17) is 0 Å². The summed E-state index contributed by atoms with van der Waals surface area (Å²) in [6.45, 7) is 7.71. The van der Waals surface area contributed by atoms with Gasteiger partial charge in [0.05, 0.1) is 12.1 Å². The van der Waals surface area contributed by atoms with E-state index in [1.54, 1.807) is 0 Å². The number of nitrogens with one attached hydrogen (secondary N) is 2. The Kier molecular flexibility index (Phi) is 15.7. The third kappa shape index (κ3) is 10.8. The minimum Gasteiger partial charge on any atom is -0.390 e. The predicted molar refractivity (Wildman–Crippen MR) is 169 cm³/mol. The lowest BCUT2D eigenvalue weighted by molar-refractivity contribution is -0.159. The number of unbranched alkanes of at least 4 members (excludes halogenated alkanes) is 2. The van der Waals surface area contributed by atoms with Crippen molar-refractivity contribution in [3.05, 3.63) is 70.8 Å². The summed E-state index contributed by atoms with van der Waals surface area (Å²) in [5, 5.41) is 17.3. The Morgan fingerprint density at radius 3 is 2.27 bits per heavy atom. The molecule has 0 bridgehead atoms. The van der Waals surface area contributed by atoms with Crippen LogP contribution in [0.5, 0.6) is 0 Å². The Bertz CT molecular complexity index is 1210. The van der Waals surface area contributed by atoms with E-state index in [9.17, 15) is 28.3 Å². The molecule has 8 nitrogen and oxygen atoms in total. The molecule has 11 heteroatoms. The van der Waals surface area contributed by atoms with Gasteiger partial charge in [0, 0.05) is 38.8 Å². The zero-order chi connectivity index (χ0) is 31.4. The molecule has 3 amide bonds. The van der Waals surface area contributed by atoms with Crippen molar-refractivity contribution in [1.82, 2.24) is 20.4 Å². The van der Waals surface area contributed by atoms with Crippen LogP contribution >= 0.6 is 12.4 Å². The van der Waals surface area contributed by atoms with Crippen LogP contribution in [-0.4, -0.2) is 77.0 Å². The van der Waals surface area contributed by atoms with Crippen molar-refractivity contribution in [2.24, 2.45) is 0 Å². The number of benzene rings is 2. The van der Waals surface area contributed by atoms with Gasteiger partial charge in [0.25, 0.3) is 0 Å². The highest BCUT2D eigenvalue weighted by Crippen LogP contribution is 2.18. The second-order valence-corrected chi connectivity index (χ2v) is 11.3. The van der Waals surface area contributed by atoms with Crippen molar-refractivity contribution in [3.8, 4) is 0 Å². The van der Waals surface area contributed by atoms with Gasteiger partial charge < -0.3 is 25.5 Å². The molecule has 1 saturated heterocycles. The summed E-state index contributed by atoms with van der Waals surface area (Å²) >= 11 is 0. The number of hydrogen-bond donors (Lipinski definition) is 3. The normalized spacial score (nSPS) is 15.5. The molecule has 0 radical (unpaired) electrons. The van der Waals surface area contributed by atoms with Crippen LogP contribution in [0, 0.1) is 11.6 Å². The van der Waals surface area contributed by atoms with Crippen LogP contribution in [0.4, 0.5) is 8.78 Å². The van der Waals surface area contributed by atoms with Crippen LogP contribution in [-0.2, 0) is 33.8 Å². The summed E-state index contributed by atoms with van der Waals surface area (Å²) in [4.78, 5) is 42.6. The fraction of sp³-hybridized carbons (Fsp3) is 0.545. The standard InChI is InChI=1S/C33H46F2N4O4.ClH/c1-4-7-12-29(39-15-14-38(13-8-5-2)32(42)33(39)43)31(41)37-28(19-25-17-26(34)20-27(35)18-25)30(40)22-36-21-24-11-9-10-23(6-3)16-24;/h9-11,16-18,20,28-30,36,40H,4-8,12-15,19,21-22H2,1-3H3,(H,37,41);1H. The third-order valence-electron chi connectivity index (χ3n) is 7.89. The van der Waals surface area contributed by atoms with Crippen LogP contribution in [0.25, 0.3) is 0 Å². The lowest BCUT2D eigenvalue weighted by Crippen LogP contribution is -2.62. The minimum atomic E-state index is -1.11. The minimum absolute atomic E-state index is 0. The fourth-order valence-electron chi connectivity index (χ4n) is 5.39. The van der Waals surface area contributed by atoms with Crippen LogP contribution in [0.15, 0.2) is 42.5 Å². The van der Waals surface area contributed by atoms with Gasteiger partial charge in [0.15, 0.2) is 0 Å². The quantitative estimate of drug-likeness (QED) is 0.227. The first-order valence-electron chi connectivity index (χ1n) is 15.5. The maximum absolute atomic E-state index is 14.0. The van der Waals surface area contributed by atoms with Gasteiger partial charge in [-0.15, -0.1) is 12.4 Å². The van der Waals surface area contributed by atoms with Gasteiger partial charge in [-0.05, 0) is 54.5 Å². The van der Waals surface area contributed by atoms with Gasteiger partial charge in [-0.25, -0.2) is 8.78 Å². The molecule has 2 aromatic rings. The Labute approximate surface area is 266 Å². The molecule has 0 aromatic heterocycles. The molecule has 1 fully saturated rings. The predicted octanol–water partition coefficient (Wildman–Crippen LogP) is 4.16. The van der Waals surface area contributed by atoms with E-state index >= 15 is 0 Å². The van der Waals surface area contributed by atoms with Crippen LogP contribution in [0.3, 0.4) is 0 Å². The highest BCUT2D eigenvalue weighted by molar-refractivity contribution is 6.35. The van der Waals surface area contributed by atoms with E-state index in [1.807, 2.05) is 32.0 Å². The number of amides is 3. The van der Waals surface area contributed by atoms with Gasteiger partial charge in [-0.3, -0.25) is 14.4 Å². The molecule has 244 valence electrons. The van der Waals surface area contributed by atoms with Gasteiger partial charge >= 0.3 is 11.8 Å². The summed E-state index contributed by atoms with van der Waals surface area (Å²) in [6.07, 6.45) is 3.21. The number of piperazine rings is 1. The van der Waals surface area contributed by atoms with E-state index in [1.165, 1.54) is 27.5 Å². The molecular weight excluding hydrogens is 590 g/mol. The number of aryl methyl sites for hydroxylation is 1. The first kappa shape index (κ1) is 37.1. The van der Waals surface area contributed by atoms with E-state index in [2.05, 4.69) is 23.6 Å². The summed E-state index contributed by atoms with van der Waals surface area (Å²) < 4.78 is 28.0. The molecule has 3 rings (SSSR count). The highest BCUT2D eigenvalue weighted by atomic mass is 35.5. The number of aliphatic hydroxyl groups is 1. The number of halogens is 3. The van der Waals surface area contributed by atoms with Crippen molar-refractivity contribution in [2.75, 3.05) is 26.2 Å². The van der Waals surface area contributed by atoms with Gasteiger partial charge in [-0.1, -0.05) is 64.3 Å². The number of carbonyl (C=O) groups excluding carboxylic acids is 3. The number of nitrogens with zero attached hydrogens (tertiary/aromatic N) is 2. The molecule has 0 spiro atoms. The topological polar surface area (TPSA) is 102 Å². The fourth-order valence-corrected chi connectivity index (χ4v) is 5.39. The number of aliphatic hydroxyl groups excluding tert-OH is 1. The summed E-state index contributed by atoms with van der Waals surface area (Å²) in [5.74, 6) is -3.34. The van der Waals surface area contributed by atoms with Crippen molar-refractivity contribution in [3.63, 3.8) is 0 Å². The number of hydrogen-bond acceptors (Lipinski definition) is 5. The Morgan fingerprint density at radius 2 is 1.61 bits per heavy atom. The van der Waals surface area contributed by atoms with Gasteiger partial charge in [-0.2, -0.15) is 0 Å². The molecule has 0 saturated carbocycles. The average molecular weight is 637 g/mol. The van der Waals surface area contributed by atoms with Crippen molar-refractivity contribution >= 4 is 30.1 Å². The van der Waals surface area contributed by atoms with E-state index in [0.717, 1.165) is 37.3 Å². The van der Waals surface area contributed by atoms with Crippen molar-refractivity contribution < 1.29 is 28.3 Å². The lowest BCUT2D eigenvalue weighted by atomic mass is 9.99. The van der Waals surface area contributed by atoms with Crippen LogP contribution < -0.4 is 10.6 Å². The van der Waals surface area contributed by atoms with E-state index in [0.29, 0.717) is 32.5 Å². The molecule has 1 aliphatic rings. The average Bonchev–Trinajstić information content (AvgIpc) is 2.98. The largest absolute Gasteiger partial charge is 0.390 e. The third-order valence-corrected chi connectivity index (χ3v) is 7.89. The van der Waals surface area contributed by atoms with Crippen LogP contribution in [0.2, 0.25) is 0 Å². The van der Waals surface area contributed by atoms with E-state index < -0.39 is 47.5 Å². The van der Waals surface area contributed by atoms with Crippen molar-refractivity contribution in [1.29, 1.82) is 0 Å². The highest BCUT2D eigenvalue weighted by Gasteiger charge is 2.39.